The highest BCUT2D eigenvalue weighted by Gasteiger charge is 2.24. The molecule has 0 N–H and O–H groups in total. The van der Waals surface area contributed by atoms with Crippen LogP contribution in [0, 0.1) is 0 Å². The van der Waals surface area contributed by atoms with Crippen LogP contribution >= 0.6 is 0 Å². The predicted molar refractivity (Wildman–Crippen MR) is 233 cm³/mol. The molecule has 1 aliphatic heterocycles. The molecule has 0 spiro atoms. The summed E-state index contributed by atoms with van der Waals surface area (Å²) in [7, 11) is 7.03. The number of fused-ring (bicyclic) bond motifs is 2. The molecule has 0 aromatic heterocycles. The lowest BCUT2D eigenvalue weighted by Crippen LogP contribution is -3.00. The largest absolute Gasteiger partial charge is 1.00 e. The number of ether oxygens (including phenoxy) is 4. The number of halogens is 1. The van der Waals surface area contributed by atoms with Gasteiger partial charge in [-0.1, -0.05) is 5.11 Å². The second kappa shape index (κ2) is 22.9. The fraction of sp³-hybridized carbons (Fsp3) is 0.537. The van der Waals surface area contributed by atoms with Crippen molar-refractivity contribution in [1.82, 2.24) is 4.58 Å². The number of benzene rings is 3. The van der Waals surface area contributed by atoms with Crippen molar-refractivity contribution < 1.29 is 70.7 Å². The maximum absolute atomic E-state index is 11.1. The van der Waals surface area contributed by atoms with Crippen molar-refractivity contribution in [3.63, 3.8) is 0 Å². The van der Waals surface area contributed by atoms with Gasteiger partial charge < -0.3 is 58.7 Å². The highest BCUT2D eigenvalue weighted by molar-refractivity contribution is 7.85. The van der Waals surface area contributed by atoms with Crippen LogP contribution in [0.3, 0.4) is 0 Å². The van der Waals surface area contributed by atoms with Crippen LogP contribution < -0.4 is 36.7 Å². The number of azide groups is 1. The molecule has 0 bridgehead atoms. The van der Waals surface area contributed by atoms with Gasteiger partial charge in [0.25, 0.3) is 0 Å². The fourth-order valence-corrected chi connectivity index (χ4v) is 7.60. The molecule has 2 aliphatic rings. The minimum absolute atomic E-state index is 0. The Morgan fingerprint density at radius 3 is 1.82 bits per heavy atom. The SMILES string of the molecule is CN(C)c1ccc2c(-c3cc(N=[N+]=[N-])c(OCCOCC[N+](C)(C)CCCS(=O)(=O)[O-])cc3OCCOCC[N+](C)(C)CCCS(=O)(=O)[O-])c3ccc(=[N+](C)C)cc-3oc2c1.[Cl-]. The molecule has 0 atom stereocenters. The first kappa shape index (κ1) is 52.1. The van der Waals surface area contributed by atoms with Gasteiger partial charge in [-0.2, -0.15) is 0 Å². The summed E-state index contributed by atoms with van der Waals surface area (Å²) in [6, 6.07) is 15.3. The zero-order valence-electron chi connectivity index (χ0n) is 36.8. The van der Waals surface area contributed by atoms with Crippen LogP contribution in [0.4, 0.5) is 11.4 Å². The van der Waals surface area contributed by atoms with Crippen LogP contribution in [-0.4, -0.2) is 169 Å². The average Bonchev–Trinajstić information content (AvgIpc) is 3.15. The smallest absolute Gasteiger partial charge is 0.203 e. The Morgan fingerprint density at radius 2 is 1.31 bits per heavy atom. The molecule has 62 heavy (non-hydrogen) atoms. The van der Waals surface area contributed by atoms with E-state index in [1.54, 1.807) is 12.1 Å². The first-order valence-electron chi connectivity index (χ1n) is 19.9. The zero-order valence-corrected chi connectivity index (χ0v) is 39.2. The molecule has 4 rings (SSSR count). The molecule has 1 aliphatic carbocycles. The molecule has 2 aromatic rings. The van der Waals surface area contributed by atoms with Gasteiger partial charge in [-0.15, -0.1) is 0 Å². The summed E-state index contributed by atoms with van der Waals surface area (Å²) < 4.78 is 100. The highest BCUT2D eigenvalue weighted by atomic mass is 35.5. The second-order valence-electron chi connectivity index (χ2n) is 16.6. The summed E-state index contributed by atoms with van der Waals surface area (Å²) in [4.78, 5) is 5.09. The van der Waals surface area contributed by atoms with Crippen molar-refractivity contribution in [2.75, 3.05) is 139 Å². The van der Waals surface area contributed by atoms with Crippen LogP contribution in [0.1, 0.15) is 12.8 Å². The molecule has 1 heterocycles. The van der Waals surface area contributed by atoms with Gasteiger partial charge in [0.15, 0.2) is 0 Å². The van der Waals surface area contributed by atoms with Gasteiger partial charge in [0.05, 0.1) is 99.7 Å². The summed E-state index contributed by atoms with van der Waals surface area (Å²) in [5.41, 5.74) is 13.7. The number of anilines is 1. The standard InChI is InChI=1S/C41H60N7O11S2.ClH/c1-45(2)31-11-13-33-38(27-31)59-39-28-32(46(3)4)12-14-34(39)41(33)35-29-36(43-44-42)40(58-24-22-56-20-18-48(7,8)16-10-26-61(52,53)54)30-37(35)57-23-21-55-19-17-47(5,6)15-9-25-60(49,50)51;/h11-14,27-30H,9-10,15-26H2,1-8H3;1H/q+1;/p-1. The summed E-state index contributed by atoms with van der Waals surface area (Å²) in [6.45, 7) is 3.59. The van der Waals surface area contributed by atoms with Gasteiger partial charge in [0.1, 0.15) is 63.2 Å². The van der Waals surface area contributed by atoms with Crippen molar-refractivity contribution >= 4 is 42.6 Å². The summed E-state index contributed by atoms with van der Waals surface area (Å²) in [5, 5.41) is 5.75. The van der Waals surface area contributed by atoms with Crippen molar-refractivity contribution in [1.29, 1.82) is 0 Å². The third-order valence-electron chi connectivity index (χ3n) is 10.2. The van der Waals surface area contributed by atoms with Gasteiger partial charge in [-0.25, -0.2) is 21.4 Å². The van der Waals surface area contributed by atoms with E-state index in [0.717, 1.165) is 27.6 Å². The first-order valence-corrected chi connectivity index (χ1v) is 23.1. The Morgan fingerprint density at radius 1 is 0.742 bits per heavy atom. The molecule has 0 unspecified atom stereocenters. The van der Waals surface area contributed by atoms with E-state index in [1.807, 2.05) is 102 Å². The molecule has 344 valence electrons. The number of nitrogens with zero attached hydrogens (tertiary/aromatic N) is 7. The summed E-state index contributed by atoms with van der Waals surface area (Å²) >= 11 is 0. The minimum atomic E-state index is -4.27. The van der Waals surface area contributed by atoms with E-state index in [0.29, 0.717) is 71.0 Å². The van der Waals surface area contributed by atoms with Crippen LogP contribution in [0.5, 0.6) is 11.5 Å². The molecule has 18 nitrogen and oxygen atoms in total. The lowest BCUT2D eigenvalue weighted by Gasteiger charge is -2.29. The number of hydrogen-bond acceptors (Lipinski definition) is 13. The van der Waals surface area contributed by atoms with Gasteiger partial charge in [-0.3, -0.25) is 0 Å². The maximum Gasteiger partial charge on any atom is 0.203 e. The molecule has 0 saturated heterocycles. The maximum atomic E-state index is 11.1. The molecule has 0 amide bonds. The lowest BCUT2D eigenvalue weighted by molar-refractivity contribution is -0.890. The van der Waals surface area contributed by atoms with Crippen LogP contribution in [-0.2, 0) is 29.7 Å². The molecule has 21 heteroatoms. The van der Waals surface area contributed by atoms with Crippen molar-refractivity contribution in [2.45, 2.75) is 12.8 Å². The Hall–Kier alpha value is -4.21. The van der Waals surface area contributed by atoms with E-state index in [4.69, 9.17) is 23.4 Å². The molecular formula is C41H60ClN7O11S2. The quantitative estimate of drug-likeness (QED) is 0.0133. The number of quaternary nitrogens is 2. The topological polar surface area (TPSA) is 219 Å². The molecule has 0 fully saturated rings. The lowest BCUT2D eigenvalue weighted by atomic mass is 9.92. The zero-order chi connectivity index (χ0) is 45.0. The van der Waals surface area contributed by atoms with Gasteiger partial charge in [0.2, 0.25) is 5.36 Å². The van der Waals surface area contributed by atoms with Crippen LogP contribution in [0.2, 0.25) is 0 Å². The third kappa shape index (κ3) is 16.5. The Balaban J connectivity index is 0.0000102. The third-order valence-corrected chi connectivity index (χ3v) is 11.8. The fourth-order valence-electron chi connectivity index (χ4n) is 6.63. The minimum Gasteiger partial charge on any atom is -1.00 e. The van der Waals surface area contributed by atoms with Crippen LogP contribution in [0.25, 0.3) is 43.9 Å². The molecule has 0 saturated carbocycles. The van der Waals surface area contributed by atoms with Crippen molar-refractivity contribution in [3.8, 4) is 33.9 Å². The Kier molecular flexibility index (Phi) is 19.3. The Labute approximate surface area is 371 Å². The van der Waals surface area contributed by atoms with Gasteiger partial charge in [0, 0.05) is 89.3 Å². The van der Waals surface area contributed by atoms with Crippen LogP contribution in [0.15, 0.2) is 58.1 Å². The number of likely N-dealkylation sites (N-methyl/N-ethyl adjacent to an activating group) is 2. The number of rotatable bonds is 25. The van der Waals surface area contributed by atoms with E-state index < -0.39 is 31.7 Å². The Bertz CT molecular complexity index is 2430. The van der Waals surface area contributed by atoms with E-state index in [1.165, 1.54) is 0 Å². The number of hydrogen-bond donors (Lipinski definition) is 0. The summed E-state index contributed by atoms with van der Waals surface area (Å²) in [5.74, 6) is 0.529. The highest BCUT2D eigenvalue weighted by Crippen LogP contribution is 2.47. The predicted octanol–water partition coefficient (Wildman–Crippen LogP) is 1.06. The van der Waals surface area contributed by atoms with E-state index >= 15 is 0 Å². The summed E-state index contributed by atoms with van der Waals surface area (Å²) in [6.07, 6.45) is 0.514. The molecule has 0 radical (unpaired) electrons. The van der Waals surface area contributed by atoms with Gasteiger partial charge in [-0.05, 0) is 29.8 Å². The molecular weight excluding hydrogens is 866 g/mol. The average molecular weight is 927 g/mol. The van der Waals surface area contributed by atoms with Gasteiger partial charge >= 0.3 is 0 Å². The van der Waals surface area contributed by atoms with Crippen molar-refractivity contribution in [3.05, 3.63) is 64.3 Å². The van der Waals surface area contributed by atoms with E-state index in [-0.39, 0.29) is 63.1 Å². The molecule has 2 aromatic carbocycles. The van der Waals surface area contributed by atoms with E-state index in [2.05, 4.69) is 10.0 Å². The van der Waals surface area contributed by atoms with E-state index in [9.17, 15) is 31.5 Å². The second-order valence-corrected chi connectivity index (χ2v) is 19.6. The normalized spacial score (nSPS) is 12.2. The first-order chi connectivity index (χ1) is 28.6. The monoisotopic (exact) mass is 925 g/mol. The van der Waals surface area contributed by atoms with Crippen molar-refractivity contribution in [2.24, 2.45) is 5.11 Å².